The van der Waals surface area contributed by atoms with Gasteiger partial charge in [-0.2, -0.15) is 0 Å². The molecular formula is C80H50N2. The van der Waals surface area contributed by atoms with Gasteiger partial charge in [0, 0.05) is 16.7 Å². The topological polar surface area (TPSA) is 25.8 Å². The van der Waals surface area contributed by atoms with Crippen molar-refractivity contribution in [3.63, 3.8) is 0 Å². The molecule has 3 aliphatic carbocycles. The zero-order valence-electron chi connectivity index (χ0n) is 44.8. The van der Waals surface area contributed by atoms with Crippen molar-refractivity contribution in [3.8, 4) is 89.5 Å². The Kier molecular flexibility index (Phi) is 10.2. The summed E-state index contributed by atoms with van der Waals surface area (Å²) in [6, 6.07) is 113. The van der Waals surface area contributed by atoms with Gasteiger partial charge in [0.15, 0.2) is 5.82 Å². The maximum atomic E-state index is 5.32. The first-order valence-corrected chi connectivity index (χ1v) is 28.5. The highest BCUT2D eigenvalue weighted by Gasteiger charge is 2.58. The largest absolute Gasteiger partial charge is 0.228 e. The molecule has 14 aromatic rings. The van der Waals surface area contributed by atoms with E-state index in [-0.39, 0.29) is 0 Å². The molecule has 2 nitrogen and oxygen atoms in total. The molecule has 0 atom stereocenters. The minimum Gasteiger partial charge on any atom is -0.228 e. The molecule has 2 spiro atoms. The van der Waals surface area contributed by atoms with Crippen LogP contribution in [0.15, 0.2) is 303 Å². The lowest BCUT2D eigenvalue weighted by Crippen LogP contribution is -2.43. The number of aromatic nitrogens is 2. The van der Waals surface area contributed by atoms with Crippen molar-refractivity contribution in [3.05, 3.63) is 348 Å². The van der Waals surface area contributed by atoms with E-state index in [0.717, 1.165) is 39.0 Å². The first kappa shape index (κ1) is 46.4. The SMILES string of the molecule is c1ccc(-c2cc(-c3ccccc3)nc(-c3ccc4c(-c5ccccc5)c5cc(-c6ccc7c(c6)C6(c8ccccc8-7)c7ccccc7C7(c8ccccc8-c8ccccc87)c7ccccc76)ccc5c(-c5ccccc5)c4c3)n2)cc1. The zero-order chi connectivity index (χ0) is 53.9. The van der Waals surface area contributed by atoms with Crippen LogP contribution in [0.2, 0.25) is 0 Å². The minimum absolute atomic E-state index is 0.503. The molecule has 0 unspecified atom stereocenters. The predicted octanol–water partition coefficient (Wildman–Crippen LogP) is 19.8. The third-order valence-electron chi connectivity index (χ3n) is 18.2. The van der Waals surface area contributed by atoms with Gasteiger partial charge in [0.1, 0.15) is 0 Å². The van der Waals surface area contributed by atoms with Crippen LogP contribution in [-0.4, -0.2) is 9.97 Å². The number of rotatable bonds is 6. The third kappa shape index (κ3) is 6.52. The Morgan fingerprint density at radius 1 is 0.195 bits per heavy atom. The molecule has 0 aliphatic heterocycles. The summed E-state index contributed by atoms with van der Waals surface area (Å²) in [5, 5.41) is 4.70. The second kappa shape index (κ2) is 18.0. The van der Waals surface area contributed by atoms with Crippen molar-refractivity contribution >= 4 is 21.5 Å². The molecule has 2 heteroatoms. The van der Waals surface area contributed by atoms with Crippen LogP contribution in [0, 0.1) is 0 Å². The van der Waals surface area contributed by atoms with E-state index in [1.54, 1.807) is 0 Å². The summed E-state index contributed by atoms with van der Waals surface area (Å²) in [4.78, 5) is 10.6. The predicted molar refractivity (Wildman–Crippen MR) is 338 cm³/mol. The van der Waals surface area contributed by atoms with Crippen molar-refractivity contribution in [1.29, 1.82) is 0 Å². The maximum absolute atomic E-state index is 5.32. The van der Waals surface area contributed by atoms with E-state index in [4.69, 9.17) is 9.97 Å². The Hall–Kier alpha value is -10.5. The fourth-order valence-electron chi connectivity index (χ4n) is 14.9. The highest BCUT2D eigenvalue weighted by atomic mass is 14.9. The quantitative estimate of drug-likeness (QED) is 0.155. The number of hydrogen-bond donors (Lipinski definition) is 0. The van der Waals surface area contributed by atoms with Gasteiger partial charge in [-0.3, -0.25) is 0 Å². The first-order chi connectivity index (χ1) is 40.7. The average molecular weight is 1040 g/mol. The molecule has 1 heterocycles. The van der Waals surface area contributed by atoms with Gasteiger partial charge in [-0.15, -0.1) is 0 Å². The lowest BCUT2D eigenvalue weighted by Gasteiger charge is -2.48. The lowest BCUT2D eigenvalue weighted by atomic mass is 9.52. The second-order valence-electron chi connectivity index (χ2n) is 22.2. The van der Waals surface area contributed by atoms with Crippen molar-refractivity contribution in [1.82, 2.24) is 9.97 Å². The summed E-state index contributed by atoms with van der Waals surface area (Å²) in [5.74, 6) is 0.686. The number of benzene rings is 13. The molecule has 0 radical (unpaired) electrons. The standard InChI is InChI=1S/C80H50N2/c1-5-23-51(24-6-1)74-50-75(52-25-7-2-8-26-52)82-78(81-74)57-43-46-63-65(48-57)77(54-29-11-4-12-30-54)62-45-42-55(47-64(62)76(63)53-27-9-3-10-28-53)56-41-44-61-60-33-15-18-36-68(60)80(73(61)49-56)71-39-21-19-37-69(71)79(70-38-20-22-40-72(70)80)66-34-16-13-31-58(66)59-32-14-17-35-67(59)79/h1-50H. The molecule has 13 aromatic carbocycles. The highest BCUT2D eigenvalue weighted by Crippen LogP contribution is 2.67. The van der Waals surface area contributed by atoms with Gasteiger partial charge in [-0.05, 0) is 146 Å². The Morgan fingerprint density at radius 2 is 0.512 bits per heavy atom. The van der Waals surface area contributed by atoms with Crippen molar-refractivity contribution in [2.75, 3.05) is 0 Å². The third-order valence-corrected chi connectivity index (χ3v) is 18.2. The lowest BCUT2D eigenvalue weighted by molar-refractivity contribution is 0.633. The van der Waals surface area contributed by atoms with Gasteiger partial charge in [-0.1, -0.05) is 279 Å². The van der Waals surface area contributed by atoms with Crippen LogP contribution in [-0.2, 0) is 10.8 Å². The highest BCUT2D eigenvalue weighted by molar-refractivity contribution is 6.22. The second-order valence-corrected chi connectivity index (χ2v) is 22.2. The van der Waals surface area contributed by atoms with E-state index in [9.17, 15) is 0 Å². The number of nitrogens with zero attached hydrogens (tertiary/aromatic N) is 2. The molecule has 1 aromatic heterocycles. The normalized spacial score (nSPS) is 13.6. The zero-order valence-corrected chi connectivity index (χ0v) is 44.8. The van der Waals surface area contributed by atoms with Gasteiger partial charge >= 0.3 is 0 Å². The van der Waals surface area contributed by atoms with Gasteiger partial charge in [-0.25, -0.2) is 9.97 Å². The fraction of sp³-hybridized carbons (Fsp3) is 0.0250. The van der Waals surface area contributed by atoms with Gasteiger partial charge in [0.25, 0.3) is 0 Å². The Labute approximate surface area is 477 Å². The van der Waals surface area contributed by atoms with Crippen LogP contribution in [0.3, 0.4) is 0 Å². The van der Waals surface area contributed by atoms with Gasteiger partial charge in [0.05, 0.1) is 22.2 Å². The molecule has 0 N–H and O–H groups in total. The fourth-order valence-corrected chi connectivity index (χ4v) is 14.9. The summed E-state index contributed by atoms with van der Waals surface area (Å²) in [6.45, 7) is 0. The molecule has 0 saturated carbocycles. The molecule has 3 aliphatic rings. The van der Waals surface area contributed by atoms with Crippen LogP contribution in [0.25, 0.3) is 111 Å². The summed E-state index contributed by atoms with van der Waals surface area (Å²) < 4.78 is 0. The van der Waals surface area contributed by atoms with Crippen molar-refractivity contribution < 1.29 is 0 Å². The average Bonchev–Trinajstić information content (AvgIpc) is 1.52. The Morgan fingerprint density at radius 3 is 0.951 bits per heavy atom. The van der Waals surface area contributed by atoms with Crippen LogP contribution in [0.4, 0.5) is 0 Å². The molecule has 0 fully saturated rings. The van der Waals surface area contributed by atoms with Crippen LogP contribution in [0.1, 0.15) is 44.5 Å². The van der Waals surface area contributed by atoms with E-state index in [1.165, 1.54) is 111 Å². The molecule has 380 valence electrons. The van der Waals surface area contributed by atoms with E-state index in [2.05, 4.69) is 303 Å². The van der Waals surface area contributed by atoms with Crippen LogP contribution in [0.5, 0.6) is 0 Å². The monoisotopic (exact) mass is 1040 g/mol. The molecule has 0 saturated heterocycles. The molecule has 0 bridgehead atoms. The first-order valence-electron chi connectivity index (χ1n) is 28.5. The Balaban J connectivity index is 0.903. The van der Waals surface area contributed by atoms with E-state index < -0.39 is 10.8 Å². The molecule has 17 rings (SSSR count). The smallest absolute Gasteiger partial charge is 0.160 e. The van der Waals surface area contributed by atoms with Crippen molar-refractivity contribution in [2.24, 2.45) is 0 Å². The maximum Gasteiger partial charge on any atom is 0.160 e. The molecule has 0 amide bonds. The van der Waals surface area contributed by atoms with E-state index in [1.807, 2.05) is 0 Å². The number of hydrogen-bond acceptors (Lipinski definition) is 2. The van der Waals surface area contributed by atoms with Gasteiger partial charge < -0.3 is 0 Å². The van der Waals surface area contributed by atoms with E-state index in [0.29, 0.717) is 5.82 Å². The summed E-state index contributed by atoms with van der Waals surface area (Å²) >= 11 is 0. The molecule has 82 heavy (non-hydrogen) atoms. The van der Waals surface area contributed by atoms with Crippen molar-refractivity contribution in [2.45, 2.75) is 10.8 Å². The summed E-state index contributed by atoms with van der Waals surface area (Å²) in [6.07, 6.45) is 0. The minimum atomic E-state index is -0.598. The Bertz CT molecular complexity index is 4750. The molecular weight excluding hydrogens is 989 g/mol. The van der Waals surface area contributed by atoms with E-state index >= 15 is 0 Å². The summed E-state index contributed by atoms with van der Waals surface area (Å²) in [7, 11) is 0. The number of fused-ring (bicyclic) bond motifs is 18. The van der Waals surface area contributed by atoms with Gasteiger partial charge in [0.2, 0.25) is 0 Å². The van der Waals surface area contributed by atoms with Crippen LogP contribution >= 0.6 is 0 Å². The summed E-state index contributed by atoms with van der Waals surface area (Å²) in [5.41, 5.74) is 26.6. The van der Waals surface area contributed by atoms with Crippen LogP contribution < -0.4 is 0 Å².